The molecule has 0 N–H and O–H groups in total. The zero-order chi connectivity index (χ0) is 15.8. The van der Waals surface area contributed by atoms with Crippen molar-refractivity contribution in [1.82, 2.24) is 4.98 Å². The van der Waals surface area contributed by atoms with Crippen LogP contribution >= 0.6 is 0 Å². The first-order valence-corrected chi connectivity index (χ1v) is 7.89. The lowest BCUT2D eigenvalue weighted by molar-refractivity contribution is 0.0595. The minimum absolute atomic E-state index is 0.261. The number of carbonyl (C=O) groups excluding carboxylic acids is 1. The van der Waals surface area contributed by atoms with Gasteiger partial charge in [-0.25, -0.2) is 9.78 Å². The molecule has 2 aromatic rings. The zero-order valence-corrected chi connectivity index (χ0v) is 13.3. The standard InChI is InChI=1S/C18H23NO3/c1-3-4-5-6-10-13-15-19-16(18(20)21-2)17(22-15)14-11-8-7-9-12-14/h7-9,11-12H,3-6,10,13H2,1-2H3. The first-order valence-electron chi connectivity index (χ1n) is 7.89. The van der Waals surface area contributed by atoms with E-state index in [4.69, 9.17) is 9.15 Å². The van der Waals surface area contributed by atoms with Crippen molar-refractivity contribution in [3.63, 3.8) is 0 Å². The van der Waals surface area contributed by atoms with E-state index in [1.54, 1.807) is 0 Å². The van der Waals surface area contributed by atoms with Gasteiger partial charge in [-0.2, -0.15) is 0 Å². The van der Waals surface area contributed by atoms with Crippen LogP contribution in [-0.2, 0) is 11.2 Å². The van der Waals surface area contributed by atoms with Gasteiger partial charge in [0.1, 0.15) is 0 Å². The topological polar surface area (TPSA) is 52.3 Å². The van der Waals surface area contributed by atoms with Gasteiger partial charge < -0.3 is 9.15 Å². The van der Waals surface area contributed by atoms with Gasteiger partial charge >= 0.3 is 5.97 Å². The Morgan fingerprint density at radius 2 is 1.86 bits per heavy atom. The van der Waals surface area contributed by atoms with Crippen molar-refractivity contribution in [2.24, 2.45) is 0 Å². The molecule has 2 rings (SSSR count). The minimum Gasteiger partial charge on any atom is -0.464 e. The molecular weight excluding hydrogens is 278 g/mol. The summed E-state index contributed by atoms with van der Waals surface area (Å²) >= 11 is 0. The molecule has 0 radical (unpaired) electrons. The third-order valence-electron chi connectivity index (χ3n) is 3.58. The molecule has 118 valence electrons. The summed E-state index contributed by atoms with van der Waals surface area (Å²) in [7, 11) is 1.36. The minimum atomic E-state index is -0.458. The van der Waals surface area contributed by atoms with Crippen molar-refractivity contribution in [2.75, 3.05) is 7.11 Å². The van der Waals surface area contributed by atoms with Gasteiger partial charge in [0.25, 0.3) is 0 Å². The van der Waals surface area contributed by atoms with E-state index in [2.05, 4.69) is 11.9 Å². The van der Waals surface area contributed by atoms with Gasteiger partial charge in [-0.15, -0.1) is 0 Å². The van der Waals surface area contributed by atoms with Crippen molar-refractivity contribution in [2.45, 2.75) is 45.4 Å². The van der Waals surface area contributed by atoms with Crippen molar-refractivity contribution in [3.8, 4) is 11.3 Å². The van der Waals surface area contributed by atoms with Crippen LogP contribution in [0.4, 0.5) is 0 Å². The van der Waals surface area contributed by atoms with Crippen LogP contribution in [0.25, 0.3) is 11.3 Å². The molecule has 0 saturated carbocycles. The van der Waals surface area contributed by atoms with E-state index < -0.39 is 5.97 Å². The summed E-state index contributed by atoms with van der Waals surface area (Å²) in [5, 5.41) is 0. The zero-order valence-electron chi connectivity index (χ0n) is 13.3. The lowest BCUT2D eigenvalue weighted by Crippen LogP contribution is -2.03. The average Bonchev–Trinajstić information content (AvgIpc) is 2.99. The Kier molecular flexibility index (Phi) is 6.19. The van der Waals surface area contributed by atoms with Crippen LogP contribution < -0.4 is 0 Å². The van der Waals surface area contributed by atoms with Gasteiger partial charge in [0.05, 0.1) is 7.11 Å². The van der Waals surface area contributed by atoms with Gasteiger partial charge in [-0.1, -0.05) is 62.9 Å². The van der Waals surface area contributed by atoms with Crippen LogP contribution in [0.3, 0.4) is 0 Å². The van der Waals surface area contributed by atoms with Crippen molar-refractivity contribution < 1.29 is 13.9 Å². The van der Waals surface area contributed by atoms with E-state index in [9.17, 15) is 4.79 Å². The first kappa shape index (κ1) is 16.3. The Morgan fingerprint density at radius 1 is 1.14 bits per heavy atom. The highest BCUT2D eigenvalue weighted by atomic mass is 16.5. The van der Waals surface area contributed by atoms with Crippen LogP contribution in [0.1, 0.15) is 55.4 Å². The number of methoxy groups -OCH3 is 1. The number of hydrogen-bond acceptors (Lipinski definition) is 4. The highest BCUT2D eigenvalue weighted by molar-refractivity contribution is 5.93. The predicted molar refractivity (Wildman–Crippen MR) is 85.7 cm³/mol. The van der Waals surface area contributed by atoms with Gasteiger partial charge in [0, 0.05) is 12.0 Å². The largest absolute Gasteiger partial charge is 0.464 e. The van der Waals surface area contributed by atoms with Crippen molar-refractivity contribution in [3.05, 3.63) is 41.9 Å². The Bertz CT molecular complexity index is 590. The number of carbonyl (C=O) groups is 1. The Labute approximate surface area is 131 Å². The molecule has 22 heavy (non-hydrogen) atoms. The maximum atomic E-state index is 11.9. The van der Waals surface area contributed by atoms with Crippen LogP contribution in [0.2, 0.25) is 0 Å². The van der Waals surface area contributed by atoms with Crippen LogP contribution in [0.5, 0.6) is 0 Å². The van der Waals surface area contributed by atoms with E-state index in [0.29, 0.717) is 11.7 Å². The molecule has 0 fully saturated rings. The average molecular weight is 301 g/mol. The van der Waals surface area contributed by atoms with E-state index in [1.165, 1.54) is 26.4 Å². The first-order chi connectivity index (χ1) is 10.8. The summed E-state index contributed by atoms with van der Waals surface area (Å²) in [4.78, 5) is 16.2. The summed E-state index contributed by atoms with van der Waals surface area (Å²) in [6, 6.07) is 9.54. The molecule has 1 aromatic heterocycles. The van der Waals surface area contributed by atoms with E-state index in [1.807, 2.05) is 30.3 Å². The number of aromatic nitrogens is 1. The molecule has 0 unspecified atom stereocenters. The molecule has 1 heterocycles. The highest BCUT2D eigenvalue weighted by Gasteiger charge is 2.21. The molecule has 0 bridgehead atoms. The highest BCUT2D eigenvalue weighted by Crippen LogP contribution is 2.26. The number of aryl methyl sites for hydroxylation is 1. The second kappa shape index (κ2) is 8.37. The number of unbranched alkanes of at least 4 members (excludes halogenated alkanes) is 4. The van der Waals surface area contributed by atoms with Crippen LogP contribution in [0.15, 0.2) is 34.7 Å². The molecule has 4 heteroatoms. The number of rotatable bonds is 8. The summed E-state index contributed by atoms with van der Waals surface area (Å²) in [5.41, 5.74) is 1.10. The molecule has 0 aliphatic rings. The van der Waals surface area contributed by atoms with Gasteiger partial charge in [0.15, 0.2) is 17.3 Å². The Morgan fingerprint density at radius 3 is 2.55 bits per heavy atom. The third-order valence-corrected chi connectivity index (χ3v) is 3.58. The summed E-state index contributed by atoms with van der Waals surface area (Å²) in [6.07, 6.45) is 6.64. The van der Waals surface area contributed by atoms with Crippen LogP contribution in [0, 0.1) is 0 Å². The molecule has 0 spiro atoms. The molecule has 0 amide bonds. The molecule has 1 aromatic carbocycles. The third kappa shape index (κ3) is 4.20. The summed E-state index contributed by atoms with van der Waals surface area (Å²) in [5.74, 6) is 0.645. The summed E-state index contributed by atoms with van der Waals surface area (Å²) in [6.45, 7) is 2.20. The maximum absolute atomic E-state index is 11.9. The second-order valence-corrected chi connectivity index (χ2v) is 5.31. The monoisotopic (exact) mass is 301 g/mol. The lowest BCUT2D eigenvalue weighted by Gasteiger charge is -1.99. The fourth-order valence-corrected chi connectivity index (χ4v) is 2.37. The number of oxazole rings is 1. The molecule has 0 aliphatic carbocycles. The maximum Gasteiger partial charge on any atom is 0.360 e. The smallest absolute Gasteiger partial charge is 0.360 e. The van der Waals surface area contributed by atoms with Crippen LogP contribution in [-0.4, -0.2) is 18.1 Å². The normalized spacial score (nSPS) is 10.6. The fourth-order valence-electron chi connectivity index (χ4n) is 2.37. The molecule has 0 atom stereocenters. The summed E-state index contributed by atoms with van der Waals surface area (Å²) < 4.78 is 10.6. The van der Waals surface area contributed by atoms with Crippen molar-refractivity contribution >= 4 is 5.97 Å². The number of ether oxygens (including phenoxy) is 1. The van der Waals surface area contributed by atoms with Crippen molar-refractivity contribution in [1.29, 1.82) is 0 Å². The van der Waals surface area contributed by atoms with Gasteiger partial charge in [0.2, 0.25) is 0 Å². The predicted octanol–water partition coefficient (Wildman–Crippen LogP) is 4.64. The lowest BCUT2D eigenvalue weighted by atomic mass is 10.1. The number of esters is 1. The number of hydrogen-bond donors (Lipinski definition) is 0. The Balaban J connectivity index is 2.13. The fraction of sp³-hybridized carbons (Fsp3) is 0.444. The molecule has 0 aliphatic heterocycles. The number of nitrogens with zero attached hydrogens (tertiary/aromatic N) is 1. The Hall–Kier alpha value is -2.10. The quantitative estimate of drug-likeness (QED) is 0.526. The van der Waals surface area contributed by atoms with E-state index in [-0.39, 0.29) is 5.69 Å². The van der Waals surface area contributed by atoms with E-state index in [0.717, 1.165) is 24.8 Å². The number of benzene rings is 1. The molecule has 0 saturated heterocycles. The SMILES string of the molecule is CCCCCCCc1nc(C(=O)OC)c(-c2ccccc2)o1. The molecular formula is C18H23NO3. The second-order valence-electron chi connectivity index (χ2n) is 5.31. The van der Waals surface area contributed by atoms with Gasteiger partial charge in [-0.3, -0.25) is 0 Å². The molecule has 4 nitrogen and oxygen atoms in total. The van der Waals surface area contributed by atoms with E-state index >= 15 is 0 Å². The van der Waals surface area contributed by atoms with Gasteiger partial charge in [-0.05, 0) is 6.42 Å².